The normalized spacial score (nSPS) is 29.4. The highest BCUT2D eigenvalue weighted by Gasteiger charge is 2.49. The van der Waals surface area contributed by atoms with Crippen LogP contribution in [0, 0.1) is 0 Å². The van der Waals surface area contributed by atoms with E-state index in [1.807, 2.05) is 0 Å². The molecule has 1 fully saturated rings. The Morgan fingerprint density at radius 2 is 1.67 bits per heavy atom. The summed E-state index contributed by atoms with van der Waals surface area (Å²) in [7, 11) is 0. The van der Waals surface area contributed by atoms with Gasteiger partial charge in [-0.15, -0.1) is 6.58 Å². The molecule has 1 saturated heterocycles. The van der Waals surface area contributed by atoms with Crippen molar-refractivity contribution in [2.24, 2.45) is 5.73 Å². The molecule has 0 aromatic rings. The Bertz CT molecular complexity index is 480. The summed E-state index contributed by atoms with van der Waals surface area (Å²) >= 11 is 0. The number of ether oxygens (including phenoxy) is 5. The molecule has 2 N–H and O–H groups in total. The third kappa shape index (κ3) is 5.91. The van der Waals surface area contributed by atoms with E-state index in [9.17, 15) is 14.4 Å². The third-order valence-electron chi connectivity index (χ3n) is 3.13. The van der Waals surface area contributed by atoms with Crippen molar-refractivity contribution < 1.29 is 38.1 Å². The molecule has 9 nitrogen and oxygen atoms in total. The Morgan fingerprint density at radius 3 is 2.17 bits per heavy atom. The van der Waals surface area contributed by atoms with E-state index >= 15 is 0 Å². The van der Waals surface area contributed by atoms with Crippen LogP contribution in [0.2, 0.25) is 0 Å². The minimum Gasteiger partial charge on any atom is -0.463 e. The molecular formula is C15H23NO8. The van der Waals surface area contributed by atoms with E-state index in [1.165, 1.54) is 26.8 Å². The van der Waals surface area contributed by atoms with Crippen LogP contribution in [-0.2, 0) is 38.1 Å². The van der Waals surface area contributed by atoms with Gasteiger partial charge in [0.2, 0.25) is 0 Å². The highest BCUT2D eigenvalue weighted by atomic mass is 16.7. The van der Waals surface area contributed by atoms with Crippen LogP contribution in [-0.4, -0.2) is 61.8 Å². The number of nitrogens with two attached hydrogens (primary N) is 1. The van der Waals surface area contributed by atoms with Gasteiger partial charge in [-0.1, -0.05) is 6.08 Å². The van der Waals surface area contributed by atoms with Gasteiger partial charge in [0.15, 0.2) is 18.5 Å². The Balaban J connectivity index is 3.03. The SMILES string of the molecule is C=CCOC1OC(COC(C)=O)C(OC(C)=O)C(OC(C)=O)C1N. The average Bonchev–Trinajstić information content (AvgIpc) is 2.48. The van der Waals surface area contributed by atoms with Gasteiger partial charge in [-0.05, 0) is 0 Å². The number of carbonyl (C=O) groups excluding carboxylic acids is 3. The standard InChI is InChI=1S/C15H23NO8/c1-5-6-20-15-12(16)14(23-10(4)19)13(22-9(3)18)11(24-15)7-21-8(2)17/h5,11-15H,1,6-7,16H2,2-4H3. The monoisotopic (exact) mass is 345 g/mol. The molecule has 0 amide bonds. The molecule has 1 rings (SSSR count). The first kappa shape index (κ1) is 20.1. The highest BCUT2D eigenvalue weighted by molar-refractivity contribution is 5.67. The number of carbonyl (C=O) groups is 3. The number of esters is 3. The van der Waals surface area contributed by atoms with E-state index in [2.05, 4.69) is 6.58 Å². The molecule has 5 unspecified atom stereocenters. The van der Waals surface area contributed by atoms with Crippen molar-refractivity contribution >= 4 is 17.9 Å². The van der Waals surface area contributed by atoms with Crippen molar-refractivity contribution in [1.29, 1.82) is 0 Å². The van der Waals surface area contributed by atoms with Gasteiger partial charge in [0.25, 0.3) is 0 Å². The van der Waals surface area contributed by atoms with Crippen molar-refractivity contribution in [3.8, 4) is 0 Å². The predicted octanol–water partition coefficient (Wildman–Crippen LogP) is -0.332. The van der Waals surface area contributed by atoms with Crippen LogP contribution in [0.5, 0.6) is 0 Å². The largest absolute Gasteiger partial charge is 0.463 e. The molecule has 1 heterocycles. The summed E-state index contributed by atoms with van der Waals surface area (Å²) in [6.07, 6.45) is -2.42. The van der Waals surface area contributed by atoms with Gasteiger partial charge >= 0.3 is 17.9 Å². The number of hydrogen-bond donors (Lipinski definition) is 1. The second kappa shape index (κ2) is 9.36. The Labute approximate surface area is 140 Å². The Morgan fingerprint density at radius 1 is 1.08 bits per heavy atom. The van der Waals surface area contributed by atoms with Crippen LogP contribution in [0.1, 0.15) is 20.8 Å². The molecule has 0 bridgehead atoms. The van der Waals surface area contributed by atoms with Crippen LogP contribution in [0.3, 0.4) is 0 Å². The first-order valence-electron chi connectivity index (χ1n) is 7.37. The van der Waals surface area contributed by atoms with E-state index in [4.69, 9.17) is 29.4 Å². The van der Waals surface area contributed by atoms with Crippen LogP contribution >= 0.6 is 0 Å². The number of hydrogen-bond acceptors (Lipinski definition) is 9. The molecular weight excluding hydrogens is 322 g/mol. The predicted molar refractivity (Wildman–Crippen MR) is 80.5 cm³/mol. The van der Waals surface area contributed by atoms with Crippen molar-refractivity contribution in [3.63, 3.8) is 0 Å². The molecule has 0 aromatic heterocycles. The first-order chi connectivity index (χ1) is 11.3. The lowest BCUT2D eigenvalue weighted by Gasteiger charge is -2.43. The maximum absolute atomic E-state index is 11.4. The third-order valence-corrected chi connectivity index (χ3v) is 3.13. The lowest BCUT2D eigenvalue weighted by Crippen LogP contribution is -2.64. The molecule has 24 heavy (non-hydrogen) atoms. The van der Waals surface area contributed by atoms with Gasteiger partial charge in [-0.3, -0.25) is 14.4 Å². The minimum atomic E-state index is -1.04. The topological polar surface area (TPSA) is 123 Å². The Kier molecular flexibility index (Phi) is 7.83. The fourth-order valence-corrected chi connectivity index (χ4v) is 2.24. The van der Waals surface area contributed by atoms with E-state index in [0.29, 0.717) is 0 Å². The van der Waals surface area contributed by atoms with E-state index < -0.39 is 48.6 Å². The molecule has 5 atom stereocenters. The highest BCUT2D eigenvalue weighted by Crippen LogP contribution is 2.26. The molecule has 0 spiro atoms. The molecule has 0 aromatic carbocycles. The van der Waals surface area contributed by atoms with Crippen LogP contribution < -0.4 is 5.73 Å². The lowest BCUT2D eigenvalue weighted by molar-refractivity contribution is -0.271. The fourth-order valence-electron chi connectivity index (χ4n) is 2.24. The second-order valence-corrected chi connectivity index (χ2v) is 5.19. The van der Waals surface area contributed by atoms with Crippen molar-refractivity contribution in [2.75, 3.05) is 13.2 Å². The molecule has 1 aliphatic heterocycles. The van der Waals surface area contributed by atoms with Crippen LogP contribution in [0.25, 0.3) is 0 Å². The van der Waals surface area contributed by atoms with Gasteiger partial charge in [-0.2, -0.15) is 0 Å². The quantitative estimate of drug-likeness (QED) is 0.375. The van der Waals surface area contributed by atoms with Crippen molar-refractivity contribution in [3.05, 3.63) is 12.7 Å². The average molecular weight is 345 g/mol. The maximum Gasteiger partial charge on any atom is 0.303 e. The van der Waals surface area contributed by atoms with Crippen LogP contribution in [0.4, 0.5) is 0 Å². The van der Waals surface area contributed by atoms with Crippen molar-refractivity contribution in [2.45, 2.75) is 51.4 Å². The second-order valence-electron chi connectivity index (χ2n) is 5.19. The summed E-state index contributed by atoms with van der Waals surface area (Å²) in [5, 5.41) is 0. The van der Waals surface area contributed by atoms with Gasteiger partial charge in [-0.25, -0.2) is 0 Å². The molecule has 1 aliphatic rings. The summed E-state index contributed by atoms with van der Waals surface area (Å²) in [6.45, 7) is 7.07. The first-order valence-corrected chi connectivity index (χ1v) is 7.37. The van der Waals surface area contributed by atoms with Gasteiger partial charge in [0.05, 0.1) is 12.6 Å². The minimum absolute atomic E-state index is 0.143. The summed E-state index contributed by atoms with van der Waals surface area (Å²) in [6, 6.07) is -0.910. The van der Waals surface area contributed by atoms with Gasteiger partial charge in [0.1, 0.15) is 12.7 Å². The molecule has 0 aliphatic carbocycles. The number of rotatable bonds is 7. The molecule has 9 heteroatoms. The molecule has 0 radical (unpaired) electrons. The molecule has 136 valence electrons. The Hall–Kier alpha value is -1.97. The fraction of sp³-hybridized carbons (Fsp3) is 0.667. The van der Waals surface area contributed by atoms with E-state index in [0.717, 1.165) is 0 Å². The summed E-state index contributed by atoms with van der Waals surface area (Å²) in [4.78, 5) is 33.8. The van der Waals surface area contributed by atoms with Crippen LogP contribution in [0.15, 0.2) is 12.7 Å². The molecule has 0 saturated carbocycles. The zero-order valence-corrected chi connectivity index (χ0v) is 13.9. The maximum atomic E-state index is 11.4. The van der Waals surface area contributed by atoms with Gasteiger partial charge in [0, 0.05) is 20.8 Å². The smallest absolute Gasteiger partial charge is 0.303 e. The zero-order valence-electron chi connectivity index (χ0n) is 13.9. The zero-order chi connectivity index (χ0) is 18.3. The van der Waals surface area contributed by atoms with E-state index in [-0.39, 0.29) is 13.2 Å². The van der Waals surface area contributed by atoms with Crippen molar-refractivity contribution in [1.82, 2.24) is 0 Å². The summed E-state index contributed by atoms with van der Waals surface area (Å²) < 4.78 is 26.3. The van der Waals surface area contributed by atoms with Gasteiger partial charge < -0.3 is 29.4 Å². The summed E-state index contributed by atoms with van der Waals surface area (Å²) in [5.74, 6) is -1.77. The summed E-state index contributed by atoms with van der Waals surface area (Å²) in [5.41, 5.74) is 6.04. The van der Waals surface area contributed by atoms with E-state index in [1.54, 1.807) is 0 Å². The lowest BCUT2D eigenvalue weighted by atomic mass is 9.97.